The van der Waals surface area contributed by atoms with E-state index in [4.69, 9.17) is 5.73 Å². The molecule has 0 fully saturated rings. The van der Waals surface area contributed by atoms with Crippen molar-refractivity contribution in [3.05, 3.63) is 40.2 Å². The maximum Gasteiger partial charge on any atom is 0.418 e. The maximum atomic E-state index is 12.9. The summed E-state index contributed by atoms with van der Waals surface area (Å²) in [5.74, 6) is -1.70. The standard InChI is InChI=1S/C12H10F3N5O2/c1-6(21)20-10(22)9(16)18-11(19-20)17-8-5-3-2-4-7(8)12(13,14)15/h2-5H,1H3,(H3,16,17,18,19). The van der Waals surface area contributed by atoms with Gasteiger partial charge in [-0.15, -0.1) is 5.10 Å². The van der Waals surface area contributed by atoms with Crippen LogP contribution in [0.3, 0.4) is 0 Å². The van der Waals surface area contributed by atoms with Gasteiger partial charge in [0.05, 0.1) is 11.3 Å². The molecule has 0 saturated heterocycles. The molecule has 0 aliphatic heterocycles. The van der Waals surface area contributed by atoms with Gasteiger partial charge in [-0.25, -0.2) is 0 Å². The molecule has 7 nitrogen and oxygen atoms in total. The summed E-state index contributed by atoms with van der Waals surface area (Å²) < 4.78 is 39.1. The van der Waals surface area contributed by atoms with E-state index in [9.17, 15) is 22.8 Å². The second-order valence-corrected chi connectivity index (χ2v) is 4.22. The van der Waals surface area contributed by atoms with Crippen molar-refractivity contribution in [3.63, 3.8) is 0 Å². The van der Waals surface area contributed by atoms with Crippen LogP contribution in [-0.4, -0.2) is 20.7 Å². The van der Waals surface area contributed by atoms with Gasteiger partial charge in [0.15, 0.2) is 5.82 Å². The van der Waals surface area contributed by atoms with Gasteiger partial charge in [0.2, 0.25) is 11.9 Å². The molecule has 0 spiro atoms. The number of nitrogens with one attached hydrogen (secondary N) is 1. The Morgan fingerprint density at radius 3 is 2.55 bits per heavy atom. The number of benzene rings is 1. The Morgan fingerprint density at radius 2 is 1.95 bits per heavy atom. The number of nitrogen functional groups attached to an aromatic ring is 1. The Kier molecular flexibility index (Phi) is 3.85. The molecule has 116 valence electrons. The molecule has 0 atom stereocenters. The van der Waals surface area contributed by atoms with Crippen LogP contribution in [0.15, 0.2) is 29.1 Å². The fourth-order valence-corrected chi connectivity index (χ4v) is 1.66. The van der Waals surface area contributed by atoms with Gasteiger partial charge in [0.1, 0.15) is 0 Å². The molecule has 0 amide bonds. The maximum absolute atomic E-state index is 12.9. The van der Waals surface area contributed by atoms with Gasteiger partial charge in [-0.3, -0.25) is 9.59 Å². The number of anilines is 3. The average molecular weight is 313 g/mol. The number of aromatic nitrogens is 3. The van der Waals surface area contributed by atoms with Crippen LogP contribution < -0.4 is 16.6 Å². The van der Waals surface area contributed by atoms with E-state index in [2.05, 4.69) is 15.4 Å². The van der Waals surface area contributed by atoms with E-state index >= 15 is 0 Å². The highest BCUT2D eigenvalue weighted by atomic mass is 19.4. The molecule has 1 aromatic heterocycles. The van der Waals surface area contributed by atoms with Gasteiger partial charge in [-0.2, -0.15) is 22.8 Å². The molecule has 10 heteroatoms. The molecule has 0 radical (unpaired) electrons. The van der Waals surface area contributed by atoms with Crippen LogP contribution in [0.5, 0.6) is 0 Å². The number of rotatable bonds is 2. The van der Waals surface area contributed by atoms with E-state index in [-0.39, 0.29) is 5.69 Å². The number of halogens is 3. The molecule has 22 heavy (non-hydrogen) atoms. The predicted molar refractivity (Wildman–Crippen MR) is 71.7 cm³/mol. The summed E-state index contributed by atoms with van der Waals surface area (Å²) in [5, 5.41) is 5.84. The van der Waals surface area contributed by atoms with Gasteiger partial charge >= 0.3 is 11.7 Å². The summed E-state index contributed by atoms with van der Waals surface area (Å²) in [6.07, 6.45) is -4.59. The Morgan fingerprint density at radius 1 is 1.32 bits per heavy atom. The van der Waals surface area contributed by atoms with E-state index in [0.717, 1.165) is 19.1 Å². The van der Waals surface area contributed by atoms with Crippen LogP contribution in [-0.2, 0) is 6.18 Å². The summed E-state index contributed by atoms with van der Waals surface area (Å²) in [7, 11) is 0. The minimum absolute atomic E-state index is 0.330. The van der Waals surface area contributed by atoms with Crippen molar-refractivity contribution in [1.29, 1.82) is 0 Å². The van der Waals surface area contributed by atoms with E-state index in [1.165, 1.54) is 12.1 Å². The van der Waals surface area contributed by atoms with Gasteiger partial charge in [-0.1, -0.05) is 12.1 Å². The third-order valence-corrected chi connectivity index (χ3v) is 2.61. The SMILES string of the molecule is CC(=O)n1nc(Nc2ccccc2C(F)(F)F)nc(N)c1=O. The quantitative estimate of drug-likeness (QED) is 0.873. The number of nitrogens with zero attached hydrogens (tertiary/aromatic N) is 3. The number of nitrogens with two attached hydrogens (primary N) is 1. The zero-order chi connectivity index (χ0) is 16.5. The van der Waals surface area contributed by atoms with Crippen molar-refractivity contribution in [2.75, 3.05) is 11.1 Å². The molecule has 0 bridgehead atoms. The predicted octanol–water partition coefficient (Wildman–Crippen LogP) is 1.64. The number of para-hydroxylation sites is 1. The molecule has 0 aliphatic rings. The van der Waals surface area contributed by atoms with E-state index in [1.54, 1.807) is 0 Å². The Bertz CT molecular complexity index is 785. The Balaban J connectivity index is 2.49. The van der Waals surface area contributed by atoms with Crippen molar-refractivity contribution in [1.82, 2.24) is 14.8 Å². The molecular weight excluding hydrogens is 303 g/mol. The van der Waals surface area contributed by atoms with Gasteiger partial charge in [0, 0.05) is 6.92 Å². The van der Waals surface area contributed by atoms with Crippen molar-refractivity contribution >= 4 is 23.4 Å². The van der Waals surface area contributed by atoms with Crippen molar-refractivity contribution in [2.24, 2.45) is 0 Å². The van der Waals surface area contributed by atoms with Crippen LogP contribution in [0, 0.1) is 0 Å². The van der Waals surface area contributed by atoms with Crippen molar-refractivity contribution in [3.8, 4) is 0 Å². The lowest BCUT2D eigenvalue weighted by atomic mass is 10.1. The fraction of sp³-hybridized carbons (Fsp3) is 0.167. The lowest BCUT2D eigenvalue weighted by Crippen LogP contribution is -2.31. The summed E-state index contributed by atoms with van der Waals surface area (Å²) in [6.45, 7) is 1.06. The first-order valence-corrected chi connectivity index (χ1v) is 5.91. The van der Waals surface area contributed by atoms with Crippen LogP contribution in [0.4, 0.5) is 30.6 Å². The first-order valence-electron chi connectivity index (χ1n) is 5.91. The minimum atomic E-state index is -4.59. The lowest BCUT2D eigenvalue weighted by Gasteiger charge is -2.13. The third-order valence-electron chi connectivity index (χ3n) is 2.61. The van der Waals surface area contributed by atoms with Gasteiger partial charge in [-0.05, 0) is 12.1 Å². The number of hydrogen-bond donors (Lipinski definition) is 2. The summed E-state index contributed by atoms with van der Waals surface area (Å²) in [6, 6.07) is 4.62. The summed E-state index contributed by atoms with van der Waals surface area (Å²) in [4.78, 5) is 26.3. The Hall–Kier alpha value is -2.91. The van der Waals surface area contributed by atoms with Crippen LogP contribution in [0.1, 0.15) is 17.3 Å². The smallest absolute Gasteiger partial charge is 0.379 e. The molecule has 0 unspecified atom stereocenters. The number of carbonyl (C=O) groups is 1. The second kappa shape index (κ2) is 5.47. The van der Waals surface area contributed by atoms with E-state index in [0.29, 0.717) is 4.68 Å². The number of carbonyl (C=O) groups excluding carboxylic acids is 1. The topological polar surface area (TPSA) is 103 Å². The monoisotopic (exact) mass is 313 g/mol. The number of hydrogen-bond acceptors (Lipinski definition) is 6. The fourth-order valence-electron chi connectivity index (χ4n) is 1.66. The molecule has 1 heterocycles. The third kappa shape index (κ3) is 3.05. The molecule has 0 aliphatic carbocycles. The average Bonchev–Trinajstić information content (AvgIpc) is 2.41. The Labute approximate surface area is 121 Å². The second-order valence-electron chi connectivity index (χ2n) is 4.22. The first-order chi connectivity index (χ1) is 10.2. The van der Waals surface area contributed by atoms with Gasteiger partial charge < -0.3 is 11.1 Å². The molecule has 3 N–H and O–H groups in total. The minimum Gasteiger partial charge on any atom is -0.379 e. The molecule has 2 rings (SSSR count). The van der Waals surface area contributed by atoms with Gasteiger partial charge in [0.25, 0.3) is 0 Å². The zero-order valence-corrected chi connectivity index (χ0v) is 11.2. The molecule has 0 saturated carbocycles. The summed E-state index contributed by atoms with van der Waals surface area (Å²) >= 11 is 0. The largest absolute Gasteiger partial charge is 0.418 e. The van der Waals surface area contributed by atoms with Crippen LogP contribution >= 0.6 is 0 Å². The zero-order valence-electron chi connectivity index (χ0n) is 11.2. The first kappa shape index (κ1) is 15.5. The molecule has 2 aromatic rings. The molecule has 1 aromatic carbocycles. The van der Waals surface area contributed by atoms with Crippen molar-refractivity contribution in [2.45, 2.75) is 13.1 Å². The highest BCUT2D eigenvalue weighted by molar-refractivity contribution is 5.75. The summed E-state index contributed by atoms with van der Waals surface area (Å²) in [5.41, 5.74) is 3.12. The normalized spacial score (nSPS) is 11.3. The van der Waals surface area contributed by atoms with E-state index < -0.39 is 35.0 Å². The number of alkyl halides is 3. The molecular formula is C12H10F3N5O2. The van der Waals surface area contributed by atoms with Crippen LogP contribution in [0.2, 0.25) is 0 Å². The van der Waals surface area contributed by atoms with Crippen molar-refractivity contribution < 1.29 is 18.0 Å². The van der Waals surface area contributed by atoms with Crippen LogP contribution in [0.25, 0.3) is 0 Å². The lowest BCUT2D eigenvalue weighted by molar-refractivity contribution is -0.136. The highest BCUT2D eigenvalue weighted by Gasteiger charge is 2.33. The highest BCUT2D eigenvalue weighted by Crippen LogP contribution is 2.35. The van der Waals surface area contributed by atoms with E-state index in [1.807, 2.05) is 0 Å².